The van der Waals surface area contributed by atoms with Gasteiger partial charge in [0.1, 0.15) is 0 Å². The Balaban J connectivity index is 1.63. The van der Waals surface area contributed by atoms with Gasteiger partial charge in [-0.05, 0) is 0 Å². The fourth-order valence-corrected chi connectivity index (χ4v) is 90.5. The number of rotatable bonds is 2. The third kappa shape index (κ3) is 0.0479. The standard InChI is InChI=1S/C8H9O2.C5H5.Fe/c1-2-10-8(9)7-5-3-4-6-7;1-2-4-5-3-1;/h3-6H,2H2,1H3;1-5H;. The van der Waals surface area contributed by atoms with Crippen molar-refractivity contribution in [3.8, 4) is 0 Å². The molecule has 0 aromatic rings. The van der Waals surface area contributed by atoms with Crippen molar-refractivity contribution in [3.05, 3.63) is 0 Å². The molecule has 0 aromatic heterocycles. The molecule has 0 aromatic carbocycles. The van der Waals surface area contributed by atoms with Crippen LogP contribution in [0, 0.1) is 0 Å². The van der Waals surface area contributed by atoms with E-state index >= 15 is 0 Å². The molecule has 10 fully saturated rings. The summed E-state index contributed by atoms with van der Waals surface area (Å²) in [6.07, 6.45) is 0. The van der Waals surface area contributed by atoms with Crippen molar-refractivity contribution < 1.29 is 16.0 Å². The Bertz CT molecular complexity index is 879. The molecule has 10 aliphatic heterocycles. The van der Waals surface area contributed by atoms with Gasteiger partial charge in [-0.25, -0.2) is 0 Å². The van der Waals surface area contributed by atoms with Crippen LogP contribution in [0.15, 0.2) is 0 Å². The van der Waals surface area contributed by atoms with Crippen molar-refractivity contribution >= 4 is 5.97 Å². The van der Waals surface area contributed by atoms with Crippen molar-refractivity contribution in [2.24, 2.45) is 0 Å². The molecule has 86 valence electrons. The molecule has 3 heteroatoms. The van der Waals surface area contributed by atoms with Crippen LogP contribution in [0.5, 0.6) is 0 Å². The molecule has 16 heavy (non-hydrogen) atoms. The third-order valence-corrected chi connectivity index (χ3v) is 57.5. The molecule has 1 spiro atoms. The molecule has 0 bridgehead atoms. The number of carbonyl (C=O) groups excluding carboxylic acids is 1. The summed E-state index contributed by atoms with van der Waals surface area (Å²) < 4.78 is 5.91. The van der Waals surface area contributed by atoms with Crippen LogP contribution in [0.25, 0.3) is 0 Å². The molecule has 10 rings (SSSR count). The molecule has 0 N–H and O–H groups in total. The van der Waals surface area contributed by atoms with E-state index in [1.54, 1.807) is 0 Å². The third-order valence-electron chi connectivity index (χ3n) is 15.3. The van der Waals surface area contributed by atoms with Gasteiger partial charge < -0.3 is 0 Å². The minimum atomic E-state index is -3.13. The second-order valence-corrected chi connectivity index (χ2v) is 34.0. The van der Waals surface area contributed by atoms with Crippen LogP contribution < -0.4 is 0 Å². The number of hydrogen-bond donors (Lipinski definition) is 0. The van der Waals surface area contributed by atoms with Gasteiger partial charge in [-0.15, -0.1) is 0 Å². The zero-order valence-electron chi connectivity index (χ0n) is 9.07. The average Bonchev–Trinajstić information content (AvgIpc) is 3.23. The molecule has 10 aliphatic rings. The molecular formula is C13H14FeO2. The number of fused-ring (bicyclic) bond motifs is 10. The van der Waals surface area contributed by atoms with Gasteiger partial charge in [0.2, 0.25) is 0 Å². The van der Waals surface area contributed by atoms with E-state index in [4.69, 9.17) is 4.74 Å². The Morgan fingerprint density at radius 3 is 1.81 bits per heavy atom. The summed E-state index contributed by atoms with van der Waals surface area (Å²) in [5.41, 5.74) is 0. The summed E-state index contributed by atoms with van der Waals surface area (Å²) in [7, 11) is 0. The Morgan fingerprint density at radius 2 is 1.56 bits per heavy atom. The summed E-state index contributed by atoms with van der Waals surface area (Å²) in [6.45, 7) is -0.518. The molecule has 10 heterocycles. The molecule has 0 amide bonds. The molecule has 4 atom stereocenters. The predicted octanol–water partition coefficient (Wildman–Crippen LogP) is 3.31. The summed E-state index contributed by atoms with van der Waals surface area (Å²) >= 11 is 0. The zero-order valence-corrected chi connectivity index (χ0v) is 10.2. The summed E-state index contributed by atoms with van der Waals surface area (Å²) in [6, 6.07) is 0. The van der Waals surface area contributed by atoms with Crippen LogP contribution in [0.2, 0.25) is 47.7 Å². The van der Waals surface area contributed by atoms with Crippen LogP contribution in [0.4, 0.5) is 0 Å². The van der Waals surface area contributed by atoms with E-state index in [1.165, 1.54) is 33.7 Å². The second kappa shape index (κ2) is 0.426. The fraction of sp³-hybridized carbons (Fsp3) is 0.923. The normalized spacial score (nSPS) is 125. The van der Waals surface area contributed by atoms with E-state index in [2.05, 4.69) is 0 Å². The van der Waals surface area contributed by atoms with E-state index in [9.17, 15) is 4.79 Å². The Labute approximate surface area is 83.4 Å². The number of esters is 1. The Morgan fingerprint density at radius 1 is 1.06 bits per heavy atom. The maximum absolute atomic E-state index is 12.6. The molecule has 4 unspecified atom stereocenters. The van der Waals surface area contributed by atoms with Gasteiger partial charge in [-0.1, -0.05) is 0 Å². The first-order chi connectivity index (χ1) is 7.53. The van der Waals surface area contributed by atoms with Crippen LogP contribution in [0.1, 0.15) is 6.92 Å². The number of ether oxygens (including phenoxy) is 1. The molecule has 0 saturated carbocycles. The van der Waals surface area contributed by atoms with Gasteiger partial charge in [0.25, 0.3) is 0 Å². The molecular weight excluding hydrogens is 244 g/mol. The van der Waals surface area contributed by atoms with Crippen molar-refractivity contribution in [3.63, 3.8) is 0 Å². The van der Waals surface area contributed by atoms with Crippen LogP contribution >= 0.6 is 0 Å². The Hall–Kier alpha value is -0.0105. The van der Waals surface area contributed by atoms with E-state index < -0.39 is 6.51 Å². The van der Waals surface area contributed by atoms with Crippen LogP contribution in [-0.4, -0.2) is 12.6 Å². The van der Waals surface area contributed by atoms with E-state index in [-0.39, 0.29) is 0 Å². The van der Waals surface area contributed by atoms with Crippen LogP contribution in [-0.2, 0) is 16.0 Å². The minimum absolute atomic E-state index is 0.342. The topological polar surface area (TPSA) is 26.3 Å². The zero-order chi connectivity index (χ0) is 10.0. The summed E-state index contributed by atoms with van der Waals surface area (Å²) in [5, 5.41) is 0. The van der Waals surface area contributed by atoms with Crippen molar-refractivity contribution in [1.29, 1.82) is 0 Å². The number of carbonyl (C=O) groups is 1. The van der Waals surface area contributed by atoms with E-state index in [0.717, 1.165) is 9.63 Å². The molecule has 0 aliphatic carbocycles. The molecule has 2 nitrogen and oxygen atoms in total. The first kappa shape index (κ1) is 5.75. The van der Waals surface area contributed by atoms with E-state index in [0.29, 0.717) is 16.9 Å². The Kier molecular flexibility index (Phi) is 0.153. The van der Waals surface area contributed by atoms with Gasteiger partial charge in [0.05, 0.1) is 0 Å². The van der Waals surface area contributed by atoms with Crippen LogP contribution in [0.3, 0.4) is 0 Å². The monoisotopic (exact) mass is 258 g/mol. The van der Waals surface area contributed by atoms with Gasteiger partial charge in [0, 0.05) is 0 Å². The van der Waals surface area contributed by atoms with Gasteiger partial charge >= 0.3 is 83.2 Å². The SMILES string of the molecule is CCOC(=O)[C]12[CH]3[CH]4[CH]5[CH]1[Fe]45321678[CH]2[CH]1[CH]6[CH]7[CH]28. The van der Waals surface area contributed by atoms with Gasteiger partial charge in [0.15, 0.2) is 0 Å². The molecule has 0 radical (unpaired) electrons. The van der Waals surface area contributed by atoms with Crippen molar-refractivity contribution in [1.82, 2.24) is 0 Å². The van der Waals surface area contributed by atoms with Crippen molar-refractivity contribution in [2.75, 3.05) is 6.61 Å². The van der Waals surface area contributed by atoms with Gasteiger partial charge in [-0.3, -0.25) is 0 Å². The van der Waals surface area contributed by atoms with E-state index in [1.807, 2.05) is 6.92 Å². The average molecular weight is 258 g/mol. The first-order valence-electron chi connectivity index (χ1n) is 6.91. The first-order valence-corrected chi connectivity index (χ1v) is 13.2. The van der Waals surface area contributed by atoms with Gasteiger partial charge in [-0.2, -0.15) is 0 Å². The number of hydrogen-bond acceptors (Lipinski definition) is 2. The molecule has 10 saturated heterocycles. The quantitative estimate of drug-likeness (QED) is 0.561. The summed E-state index contributed by atoms with van der Waals surface area (Å²) in [4.78, 5) is 23.5. The predicted molar refractivity (Wildman–Crippen MR) is 53.1 cm³/mol. The second-order valence-electron chi connectivity index (χ2n) is 10.4. The fourth-order valence-electron chi connectivity index (χ4n) is 17.0. The summed E-state index contributed by atoms with van der Waals surface area (Å²) in [5.74, 6) is 0.349. The van der Waals surface area contributed by atoms with Crippen molar-refractivity contribution in [2.45, 2.75) is 54.6 Å². The maximum atomic E-state index is 12.6.